The zero-order valence-corrected chi connectivity index (χ0v) is 11.1. The Labute approximate surface area is 108 Å². The maximum Gasteiger partial charge on any atom is 0.170 e. The molecule has 1 aromatic rings. The van der Waals surface area contributed by atoms with E-state index in [2.05, 4.69) is 29.1 Å². The van der Waals surface area contributed by atoms with Crippen molar-refractivity contribution in [3.8, 4) is 0 Å². The molecule has 1 aromatic carbocycles. The Morgan fingerprint density at radius 3 is 2.89 bits per heavy atom. The number of benzene rings is 1. The molecule has 98 valence electrons. The van der Waals surface area contributed by atoms with Crippen molar-refractivity contribution in [3.05, 3.63) is 29.3 Å². The van der Waals surface area contributed by atoms with Crippen LogP contribution in [-0.2, 0) is 0 Å². The second kappa shape index (κ2) is 5.29. The van der Waals surface area contributed by atoms with Crippen molar-refractivity contribution in [2.45, 2.75) is 26.7 Å². The number of rotatable bonds is 3. The Bertz CT molecular complexity index is 456. The lowest BCUT2D eigenvalue weighted by atomic mass is 10.1. The van der Waals surface area contributed by atoms with Gasteiger partial charge >= 0.3 is 0 Å². The molecule has 4 heteroatoms. The highest BCUT2D eigenvalue weighted by molar-refractivity contribution is 5.98. The van der Waals surface area contributed by atoms with Crippen LogP contribution in [0.1, 0.15) is 30.9 Å². The first-order chi connectivity index (χ1) is 8.65. The molecule has 1 saturated heterocycles. The molecule has 0 amide bonds. The van der Waals surface area contributed by atoms with E-state index < -0.39 is 0 Å². The fraction of sp³-hybridized carbons (Fsp3) is 0.500. The first-order valence-electron chi connectivity index (χ1n) is 6.49. The number of aryl methyl sites for hydroxylation is 1. The zero-order valence-electron chi connectivity index (χ0n) is 11.1. The molecular weight excluding hydrogens is 226 g/mol. The summed E-state index contributed by atoms with van der Waals surface area (Å²) in [5.74, 6) is 0.987. The van der Waals surface area contributed by atoms with Gasteiger partial charge in [-0.2, -0.15) is 0 Å². The maximum atomic E-state index is 8.71. The summed E-state index contributed by atoms with van der Waals surface area (Å²) in [5, 5.41) is 11.8. The number of nitrogens with two attached hydrogens (primary N) is 1. The highest BCUT2D eigenvalue weighted by atomic mass is 16.4. The zero-order chi connectivity index (χ0) is 13.1. The second-order valence-corrected chi connectivity index (χ2v) is 4.99. The van der Waals surface area contributed by atoms with E-state index in [1.165, 1.54) is 18.5 Å². The lowest BCUT2D eigenvalue weighted by Crippen LogP contribution is -2.20. The van der Waals surface area contributed by atoms with Crippen LogP contribution in [0.3, 0.4) is 0 Å². The van der Waals surface area contributed by atoms with E-state index in [9.17, 15) is 0 Å². The van der Waals surface area contributed by atoms with E-state index in [4.69, 9.17) is 10.9 Å². The summed E-state index contributed by atoms with van der Waals surface area (Å²) in [6.45, 7) is 6.50. The van der Waals surface area contributed by atoms with E-state index in [1.54, 1.807) is 0 Å². The summed E-state index contributed by atoms with van der Waals surface area (Å²) in [6.07, 6.45) is 2.52. The summed E-state index contributed by atoms with van der Waals surface area (Å²) >= 11 is 0. The van der Waals surface area contributed by atoms with Crippen molar-refractivity contribution in [2.75, 3.05) is 18.0 Å². The minimum atomic E-state index is 0.173. The van der Waals surface area contributed by atoms with Crippen LogP contribution < -0.4 is 10.6 Å². The molecular formula is C14H21N3O. The molecule has 1 aliphatic rings. The van der Waals surface area contributed by atoms with Crippen LogP contribution in [0.2, 0.25) is 0 Å². The van der Waals surface area contributed by atoms with Crippen molar-refractivity contribution in [2.24, 2.45) is 16.8 Å². The number of oxime groups is 1. The third kappa shape index (κ3) is 2.42. The quantitative estimate of drug-likeness (QED) is 0.373. The molecule has 0 saturated carbocycles. The number of hydrogen-bond acceptors (Lipinski definition) is 3. The third-order valence-corrected chi connectivity index (χ3v) is 3.82. The minimum absolute atomic E-state index is 0.173. The molecule has 1 aliphatic heterocycles. The second-order valence-electron chi connectivity index (χ2n) is 4.99. The molecule has 0 bridgehead atoms. The van der Waals surface area contributed by atoms with Gasteiger partial charge in [0.15, 0.2) is 5.84 Å². The molecule has 1 fully saturated rings. The molecule has 1 atom stereocenters. The topological polar surface area (TPSA) is 61.8 Å². The molecule has 0 aromatic heterocycles. The number of anilines is 1. The van der Waals surface area contributed by atoms with Crippen molar-refractivity contribution < 1.29 is 5.21 Å². The highest BCUT2D eigenvalue weighted by Crippen LogP contribution is 2.27. The summed E-state index contributed by atoms with van der Waals surface area (Å²) in [5.41, 5.74) is 8.71. The van der Waals surface area contributed by atoms with Gasteiger partial charge in [0.05, 0.1) is 0 Å². The first-order valence-corrected chi connectivity index (χ1v) is 6.49. The predicted octanol–water partition coefficient (Wildman–Crippen LogP) is 2.33. The summed E-state index contributed by atoms with van der Waals surface area (Å²) in [6, 6.07) is 6.10. The number of nitrogens with zero attached hydrogens (tertiary/aromatic N) is 2. The van der Waals surface area contributed by atoms with E-state index in [1.807, 2.05) is 13.0 Å². The van der Waals surface area contributed by atoms with Crippen LogP contribution in [0.5, 0.6) is 0 Å². The van der Waals surface area contributed by atoms with Crippen molar-refractivity contribution in [1.82, 2.24) is 0 Å². The van der Waals surface area contributed by atoms with Gasteiger partial charge in [0.2, 0.25) is 0 Å². The Morgan fingerprint density at radius 2 is 2.33 bits per heavy atom. The molecule has 2 rings (SSSR count). The maximum absolute atomic E-state index is 8.71. The van der Waals surface area contributed by atoms with Crippen molar-refractivity contribution in [3.63, 3.8) is 0 Å². The average Bonchev–Trinajstić information content (AvgIpc) is 2.86. The van der Waals surface area contributed by atoms with Gasteiger partial charge < -0.3 is 15.8 Å². The van der Waals surface area contributed by atoms with E-state index in [-0.39, 0.29) is 5.84 Å². The summed E-state index contributed by atoms with van der Waals surface area (Å²) in [7, 11) is 0. The van der Waals surface area contributed by atoms with Gasteiger partial charge in [-0.3, -0.25) is 0 Å². The number of hydrogen-bond donors (Lipinski definition) is 2. The lowest BCUT2D eigenvalue weighted by molar-refractivity contribution is 0.318. The molecule has 18 heavy (non-hydrogen) atoms. The monoisotopic (exact) mass is 247 g/mol. The van der Waals surface area contributed by atoms with Crippen molar-refractivity contribution >= 4 is 11.5 Å². The van der Waals surface area contributed by atoms with Crippen LogP contribution in [-0.4, -0.2) is 24.1 Å². The normalized spacial score (nSPS) is 20.4. The third-order valence-electron chi connectivity index (χ3n) is 3.82. The Morgan fingerprint density at radius 1 is 1.56 bits per heavy atom. The van der Waals surface area contributed by atoms with E-state index in [0.29, 0.717) is 0 Å². The molecule has 1 heterocycles. The van der Waals surface area contributed by atoms with E-state index >= 15 is 0 Å². The van der Waals surface area contributed by atoms with Crippen molar-refractivity contribution in [1.29, 1.82) is 0 Å². The molecule has 3 N–H and O–H groups in total. The fourth-order valence-electron chi connectivity index (χ4n) is 2.59. The van der Waals surface area contributed by atoms with Crippen LogP contribution in [0.15, 0.2) is 23.4 Å². The van der Waals surface area contributed by atoms with Gasteiger partial charge in [-0.15, -0.1) is 0 Å². The minimum Gasteiger partial charge on any atom is -0.409 e. The largest absolute Gasteiger partial charge is 0.409 e. The molecule has 1 unspecified atom stereocenters. The standard InChI is InChI=1S/C14H21N3O/c1-3-11-6-7-17(9-11)12-4-5-13(10(2)8-12)14(15)16-18/h4-5,8,11,18H,3,6-7,9H2,1-2H3,(H2,15,16). The summed E-state index contributed by atoms with van der Waals surface area (Å²) in [4.78, 5) is 2.41. The Balaban J connectivity index is 2.19. The highest BCUT2D eigenvalue weighted by Gasteiger charge is 2.21. The summed E-state index contributed by atoms with van der Waals surface area (Å²) < 4.78 is 0. The molecule has 4 nitrogen and oxygen atoms in total. The van der Waals surface area contributed by atoms with Gasteiger partial charge in [-0.1, -0.05) is 18.5 Å². The first kappa shape index (κ1) is 12.7. The van der Waals surface area contributed by atoms with Gasteiger partial charge in [-0.05, 0) is 43.0 Å². The molecule has 0 radical (unpaired) electrons. The van der Waals surface area contributed by atoms with E-state index in [0.717, 1.165) is 30.1 Å². The van der Waals surface area contributed by atoms with Crippen LogP contribution in [0.25, 0.3) is 0 Å². The predicted molar refractivity (Wildman–Crippen MR) is 74.3 cm³/mol. The fourth-order valence-corrected chi connectivity index (χ4v) is 2.59. The Hall–Kier alpha value is -1.71. The van der Waals surface area contributed by atoms with Crippen LogP contribution in [0.4, 0.5) is 5.69 Å². The average molecular weight is 247 g/mol. The van der Waals surface area contributed by atoms with Crippen LogP contribution >= 0.6 is 0 Å². The van der Waals surface area contributed by atoms with Gasteiger partial charge in [-0.25, -0.2) is 0 Å². The smallest absolute Gasteiger partial charge is 0.170 e. The Kier molecular flexibility index (Phi) is 3.75. The molecule has 0 aliphatic carbocycles. The SMILES string of the molecule is CCC1CCN(c2ccc(/C(N)=N/O)c(C)c2)C1. The lowest BCUT2D eigenvalue weighted by Gasteiger charge is -2.20. The number of amidine groups is 1. The van der Waals surface area contributed by atoms with Crippen LogP contribution in [0, 0.1) is 12.8 Å². The molecule has 0 spiro atoms. The van der Waals surface area contributed by atoms with Gasteiger partial charge in [0, 0.05) is 24.3 Å². The van der Waals surface area contributed by atoms with Gasteiger partial charge in [0.1, 0.15) is 0 Å². The van der Waals surface area contributed by atoms with Gasteiger partial charge in [0.25, 0.3) is 0 Å².